The molecule has 1 aromatic heterocycles. The van der Waals surface area contributed by atoms with Crippen molar-refractivity contribution in [3.63, 3.8) is 0 Å². The third kappa shape index (κ3) is 2.16. The van der Waals surface area contributed by atoms with E-state index < -0.39 is 0 Å². The lowest BCUT2D eigenvalue weighted by Crippen LogP contribution is -2.05. The summed E-state index contributed by atoms with van der Waals surface area (Å²) >= 11 is 0. The minimum atomic E-state index is 0.734. The molecular formula is C13H18N4. The van der Waals surface area contributed by atoms with Gasteiger partial charge in [0.1, 0.15) is 5.82 Å². The summed E-state index contributed by atoms with van der Waals surface area (Å²) in [5.41, 5.74) is 8.84. The van der Waals surface area contributed by atoms with E-state index in [2.05, 4.69) is 23.9 Å². The zero-order valence-corrected chi connectivity index (χ0v) is 10.6. The normalized spacial score (nSPS) is 10.8. The van der Waals surface area contributed by atoms with E-state index in [9.17, 15) is 0 Å². The summed E-state index contributed by atoms with van der Waals surface area (Å²) in [5, 5.41) is 4.50. The van der Waals surface area contributed by atoms with Crippen LogP contribution in [-0.2, 0) is 12.8 Å². The summed E-state index contributed by atoms with van der Waals surface area (Å²) in [6.45, 7) is 6.18. The van der Waals surface area contributed by atoms with Crippen molar-refractivity contribution in [3.8, 4) is 5.69 Å². The molecule has 0 spiro atoms. The maximum absolute atomic E-state index is 6.01. The number of aryl methyl sites for hydroxylation is 3. The van der Waals surface area contributed by atoms with Crippen LogP contribution in [-0.4, -0.2) is 14.8 Å². The Balaban J connectivity index is 2.58. The number of rotatable bonds is 3. The highest BCUT2D eigenvalue weighted by Crippen LogP contribution is 2.19. The zero-order chi connectivity index (χ0) is 12.4. The van der Waals surface area contributed by atoms with E-state index >= 15 is 0 Å². The molecule has 17 heavy (non-hydrogen) atoms. The second-order valence-corrected chi connectivity index (χ2v) is 4.13. The van der Waals surface area contributed by atoms with Gasteiger partial charge in [0.2, 0.25) is 0 Å². The number of benzene rings is 1. The average molecular weight is 230 g/mol. The molecule has 0 aliphatic carbocycles. The highest BCUT2D eigenvalue weighted by atomic mass is 15.4. The first kappa shape index (κ1) is 11.6. The maximum Gasteiger partial charge on any atom is 0.151 e. The van der Waals surface area contributed by atoms with Gasteiger partial charge in [-0.15, -0.1) is 0 Å². The molecule has 0 aliphatic rings. The Morgan fingerprint density at radius 1 is 1.24 bits per heavy atom. The monoisotopic (exact) mass is 230 g/mol. The van der Waals surface area contributed by atoms with Crippen LogP contribution < -0.4 is 5.73 Å². The standard InChI is InChI=1S/C13H18N4/c1-4-12-15-13(5-2)17(16-12)11-8-9(3)6-7-10(11)14/h6-8H,4-5,14H2,1-3H3. The molecule has 90 valence electrons. The Morgan fingerprint density at radius 3 is 2.65 bits per heavy atom. The number of aromatic nitrogens is 3. The average Bonchev–Trinajstić information content (AvgIpc) is 2.75. The third-order valence-corrected chi connectivity index (χ3v) is 2.76. The van der Waals surface area contributed by atoms with Gasteiger partial charge in [-0.3, -0.25) is 0 Å². The Morgan fingerprint density at radius 2 is 2.00 bits per heavy atom. The van der Waals surface area contributed by atoms with E-state index in [0.29, 0.717) is 0 Å². The Hall–Kier alpha value is -1.84. The lowest BCUT2D eigenvalue weighted by molar-refractivity contribution is 0.792. The second-order valence-electron chi connectivity index (χ2n) is 4.13. The van der Waals surface area contributed by atoms with E-state index in [0.717, 1.165) is 35.9 Å². The van der Waals surface area contributed by atoms with Crippen LogP contribution in [0.15, 0.2) is 18.2 Å². The summed E-state index contributed by atoms with van der Waals surface area (Å²) in [5.74, 6) is 1.82. The van der Waals surface area contributed by atoms with E-state index in [1.807, 2.05) is 29.8 Å². The molecule has 4 nitrogen and oxygen atoms in total. The molecule has 0 aliphatic heterocycles. The van der Waals surface area contributed by atoms with Crippen molar-refractivity contribution >= 4 is 5.69 Å². The van der Waals surface area contributed by atoms with Gasteiger partial charge in [-0.05, 0) is 24.6 Å². The molecular weight excluding hydrogens is 212 g/mol. The lowest BCUT2D eigenvalue weighted by Gasteiger charge is -2.08. The van der Waals surface area contributed by atoms with Crippen LogP contribution in [0.25, 0.3) is 5.69 Å². The van der Waals surface area contributed by atoms with Crippen molar-refractivity contribution in [2.75, 3.05) is 5.73 Å². The van der Waals surface area contributed by atoms with Gasteiger partial charge >= 0.3 is 0 Å². The number of nitrogen functional groups attached to an aromatic ring is 1. The third-order valence-electron chi connectivity index (χ3n) is 2.76. The van der Waals surface area contributed by atoms with E-state index in [4.69, 9.17) is 5.73 Å². The van der Waals surface area contributed by atoms with Gasteiger partial charge in [0, 0.05) is 12.8 Å². The fourth-order valence-electron chi connectivity index (χ4n) is 1.80. The lowest BCUT2D eigenvalue weighted by atomic mass is 10.2. The summed E-state index contributed by atoms with van der Waals surface area (Å²) in [6, 6.07) is 5.96. The van der Waals surface area contributed by atoms with E-state index in [1.165, 1.54) is 5.56 Å². The van der Waals surface area contributed by atoms with Crippen molar-refractivity contribution in [2.45, 2.75) is 33.6 Å². The van der Waals surface area contributed by atoms with Crippen molar-refractivity contribution in [2.24, 2.45) is 0 Å². The number of hydrogen-bond acceptors (Lipinski definition) is 3. The van der Waals surface area contributed by atoms with Crippen LogP contribution in [0.4, 0.5) is 5.69 Å². The summed E-state index contributed by atoms with van der Waals surface area (Å²) in [4.78, 5) is 4.49. The smallest absolute Gasteiger partial charge is 0.151 e. The van der Waals surface area contributed by atoms with E-state index in [-0.39, 0.29) is 0 Å². The fourth-order valence-corrected chi connectivity index (χ4v) is 1.80. The molecule has 2 rings (SSSR count). The Bertz CT molecular complexity index is 528. The molecule has 0 unspecified atom stereocenters. The Kier molecular flexibility index (Phi) is 3.13. The predicted molar refractivity (Wildman–Crippen MR) is 69.3 cm³/mol. The molecule has 2 N–H and O–H groups in total. The molecule has 0 saturated heterocycles. The zero-order valence-electron chi connectivity index (χ0n) is 10.6. The number of hydrogen-bond donors (Lipinski definition) is 1. The van der Waals surface area contributed by atoms with Gasteiger partial charge in [-0.2, -0.15) is 5.10 Å². The van der Waals surface area contributed by atoms with Crippen molar-refractivity contribution in [1.29, 1.82) is 0 Å². The molecule has 0 radical (unpaired) electrons. The quantitative estimate of drug-likeness (QED) is 0.823. The highest BCUT2D eigenvalue weighted by molar-refractivity contribution is 5.58. The Labute approximate surface area is 101 Å². The molecule has 0 bridgehead atoms. The predicted octanol–water partition coefficient (Wildman–Crippen LogP) is 2.28. The van der Waals surface area contributed by atoms with Gasteiger partial charge in [0.15, 0.2) is 5.82 Å². The molecule has 1 aromatic carbocycles. The number of anilines is 1. The first-order valence-corrected chi connectivity index (χ1v) is 5.97. The first-order valence-electron chi connectivity index (χ1n) is 5.97. The first-order chi connectivity index (χ1) is 8.15. The van der Waals surface area contributed by atoms with Crippen LogP contribution >= 0.6 is 0 Å². The van der Waals surface area contributed by atoms with Gasteiger partial charge < -0.3 is 5.73 Å². The summed E-state index contributed by atoms with van der Waals surface area (Å²) < 4.78 is 1.86. The highest BCUT2D eigenvalue weighted by Gasteiger charge is 2.11. The van der Waals surface area contributed by atoms with Crippen LogP contribution in [0.1, 0.15) is 31.1 Å². The molecule has 0 atom stereocenters. The molecule has 1 heterocycles. The summed E-state index contributed by atoms with van der Waals surface area (Å²) in [6.07, 6.45) is 1.69. The van der Waals surface area contributed by atoms with Crippen LogP contribution in [0.3, 0.4) is 0 Å². The number of nitrogens with two attached hydrogens (primary N) is 1. The minimum absolute atomic E-state index is 0.734. The fraction of sp³-hybridized carbons (Fsp3) is 0.385. The topological polar surface area (TPSA) is 56.7 Å². The molecule has 0 fully saturated rings. The minimum Gasteiger partial charge on any atom is -0.397 e. The summed E-state index contributed by atoms with van der Waals surface area (Å²) in [7, 11) is 0. The number of nitrogens with zero attached hydrogens (tertiary/aromatic N) is 3. The largest absolute Gasteiger partial charge is 0.397 e. The van der Waals surface area contributed by atoms with Gasteiger partial charge in [0.05, 0.1) is 11.4 Å². The van der Waals surface area contributed by atoms with Crippen LogP contribution in [0.2, 0.25) is 0 Å². The van der Waals surface area contributed by atoms with Gasteiger partial charge in [0.25, 0.3) is 0 Å². The van der Waals surface area contributed by atoms with Crippen LogP contribution in [0, 0.1) is 6.92 Å². The van der Waals surface area contributed by atoms with Gasteiger partial charge in [-0.1, -0.05) is 19.9 Å². The van der Waals surface area contributed by atoms with Crippen molar-refractivity contribution in [3.05, 3.63) is 35.4 Å². The van der Waals surface area contributed by atoms with E-state index in [1.54, 1.807) is 0 Å². The van der Waals surface area contributed by atoms with Crippen LogP contribution in [0.5, 0.6) is 0 Å². The second kappa shape index (κ2) is 4.57. The van der Waals surface area contributed by atoms with Crippen molar-refractivity contribution < 1.29 is 0 Å². The SMILES string of the molecule is CCc1nc(CC)n(-c2cc(C)ccc2N)n1. The molecule has 4 heteroatoms. The molecule has 0 amide bonds. The van der Waals surface area contributed by atoms with Gasteiger partial charge in [-0.25, -0.2) is 9.67 Å². The maximum atomic E-state index is 6.01. The molecule has 2 aromatic rings. The molecule has 0 saturated carbocycles. The van der Waals surface area contributed by atoms with Crippen molar-refractivity contribution in [1.82, 2.24) is 14.8 Å².